The monoisotopic (exact) mass is 426 g/mol. The van der Waals surface area contributed by atoms with Crippen LogP contribution in [0.3, 0.4) is 0 Å². The topological polar surface area (TPSA) is 31.5 Å². The summed E-state index contributed by atoms with van der Waals surface area (Å²) in [6, 6.07) is 8.12. The summed E-state index contributed by atoms with van der Waals surface area (Å²) in [5.41, 5.74) is 2.36. The molecule has 0 heterocycles. The quantitative estimate of drug-likeness (QED) is 0.571. The molecular formula is C10H17OWY-. The predicted octanol–water partition coefficient (Wildman–Crippen LogP) is 2.37. The smallest absolute Gasteiger partial charge is 0 e. The van der Waals surface area contributed by atoms with Crippen LogP contribution in [0.1, 0.15) is 25.0 Å². The standard InChI is InChI=1S/C8H9.C2H6.H2O.W.Y/c1-7-4-3-5-8(2)6-7;1-2;;;/h3-6H,1H2,2H3;1-2H3;1H2;;/q-1;;;;. The normalized spacial score (nSPS) is 6.08. The van der Waals surface area contributed by atoms with Crippen LogP contribution in [0.2, 0.25) is 0 Å². The Morgan fingerprint density at radius 1 is 1.15 bits per heavy atom. The van der Waals surface area contributed by atoms with E-state index in [4.69, 9.17) is 0 Å². The fourth-order valence-electron chi connectivity index (χ4n) is 0.712. The Hall–Kier alpha value is 0.842. The summed E-state index contributed by atoms with van der Waals surface area (Å²) in [6.45, 7) is 9.85. The van der Waals surface area contributed by atoms with Gasteiger partial charge in [0.25, 0.3) is 0 Å². The van der Waals surface area contributed by atoms with Gasteiger partial charge < -0.3 is 5.48 Å². The van der Waals surface area contributed by atoms with E-state index >= 15 is 0 Å². The molecule has 0 bridgehead atoms. The molecule has 0 fully saturated rings. The molecule has 1 rings (SSSR count). The van der Waals surface area contributed by atoms with Crippen molar-refractivity contribution in [2.75, 3.05) is 0 Å². The number of rotatable bonds is 0. The van der Waals surface area contributed by atoms with Crippen molar-refractivity contribution < 1.29 is 59.3 Å². The van der Waals surface area contributed by atoms with Gasteiger partial charge in [-0.2, -0.15) is 24.6 Å². The Balaban J connectivity index is -0.0000000761. The van der Waals surface area contributed by atoms with Crippen molar-refractivity contribution in [2.45, 2.75) is 20.8 Å². The molecule has 0 aliphatic carbocycles. The third kappa shape index (κ3) is 12.8. The van der Waals surface area contributed by atoms with Crippen LogP contribution >= 0.6 is 0 Å². The zero-order valence-electron chi connectivity index (χ0n) is 8.50. The molecule has 0 aliphatic rings. The van der Waals surface area contributed by atoms with Crippen LogP contribution in [0.25, 0.3) is 0 Å². The van der Waals surface area contributed by atoms with Crippen LogP contribution in [0.15, 0.2) is 24.3 Å². The van der Waals surface area contributed by atoms with E-state index in [9.17, 15) is 0 Å². The van der Waals surface area contributed by atoms with Crippen molar-refractivity contribution in [3.63, 3.8) is 0 Å². The Kier molecular flexibility index (Phi) is 27.8. The van der Waals surface area contributed by atoms with Crippen molar-refractivity contribution in [2.24, 2.45) is 0 Å². The summed E-state index contributed by atoms with van der Waals surface area (Å²) in [6.07, 6.45) is 0. The average molecular weight is 426 g/mol. The first-order chi connectivity index (χ1) is 4.79. The maximum absolute atomic E-state index is 3.78. The fourth-order valence-corrected chi connectivity index (χ4v) is 0.712. The first-order valence-corrected chi connectivity index (χ1v) is 3.67. The summed E-state index contributed by atoms with van der Waals surface area (Å²) in [4.78, 5) is 0. The van der Waals surface area contributed by atoms with Gasteiger partial charge in [-0.05, 0) is 0 Å². The fraction of sp³-hybridized carbons (Fsp3) is 0.300. The van der Waals surface area contributed by atoms with Crippen molar-refractivity contribution >= 4 is 0 Å². The molecule has 2 N–H and O–H groups in total. The molecule has 0 saturated heterocycles. The summed E-state index contributed by atoms with van der Waals surface area (Å²) in [5.74, 6) is 0. The zero-order valence-corrected chi connectivity index (χ0v) is 14.3. The molecule has 0 atom stereocenters. The summed E-state index contributed by atoms with van der Waals surface area (Å²) in [7, 11) is 0. The molecule has 1 aromatic rings. The minimum absolute atomic E-state index is 0. The maximum atomic E-state index is 3.78. The second kappa shape index (κ2) is 15.3. The molecule has 0 unspecified atom stereocenters. The van der Waals surface area contributed by atoms with E-state index in [2.05, 4.69) is 26.0 Å². The molecule has 1 radical (unpaired) electrons. The van der Waals surface area contributed by atoms with Gasteiger partial charge in [-0.3, -0.25) is 0 Å². The maximum Gasteiger partial charge on any atom is 0 e. The van der Waals surface area contributed by atoms with Crippen LogP contribution in [-0.2, 0) is 53.8 Å². The summed E-state index contributed by atoms with van der Waals surface area (Å²) >= 11 is 0. The Morgan fingerprint density at radius 3 is 1.85 bits per heavy atom. The molecule has 1 aromatic carbocycles. The molecule has 13 heavy (non-hydrogen) atoms. The zero-order chi connectivity index (χ0) is 7.98. The minimum Gasteiger partial charge on any atom is -0.412 e. The predicted molar refractivity (Wildman–Crippen MR) is 50.6 cm³/mol. The van der Waals surface area contributed by atoms with Gasteiger partial charge in [0.15, 0.2) is 0 Å². The summed E-state index contributed by atoms with van der Waals surface area (Å²) < 4.78 is 0. The van der Waals surface area contributed by atoms with Gasteiger partial charge in [-0.1, -0.05) is 26.8 Å². The van der Waals surface area contributed by atoms with Crippen molar-refractivity contribution in [3.8, 4) is 0 Å². The van der Waals surface area contributed by atoms with Crippen LogP contribution < -0.4 is 0 Å². The van der Waals surface area contributed by atoms with E-state index in [0.717, 1.165) is 5.56 Å². The largest absolute Gasteiger partial charge is 0.412 e. The number of hydrogen-bond acceptors (Lipinski definition) is 0. The SMILES string of the molecule is CC.O.[CH2-]c1cccc(C)c1.[W].[Y]. The molecular weight excluding hydrogens is 409 g/mol. The summed E-state index contributed by atoms with van der Waals surface area (Å²) in [5, 5.41) is 0. The van der Waals surface area contributed by atoms with Gasteiger partial charge in [-0.25, -0.2) is 0 Å². The van der Waals surface area contributed by atoms with Crippen LogP contribution in [0.4, 0.5) is 0 Å². The Labute approximate surface area is 121 Å². The third-order valence-electron chi connectivity index (χ3n) is 1.08. The van der Waals surface area contributed by atoms with Crippen molar-refractivity contribution in [1.29, 1.82) is 0 Å². The second-order valence-corrected chi connectivity index (χ2v) is 1.99. The van der Waals surface area contributed by atoms with Gasteiger partial charge in [0.05, 0.1) is 0 Å². The van der Waals surface area contributed by atoms with E-state index in [1.54, 1.807) is 0 Å². The van der Waals surface area contributed by atoms with E-state index < -0.39 is 0 Å². The van der Waals surface area contributed by atoms with E-state index in [0.29, 0.717) is 0 Å². The van der Waals surface area contributed by atoms with Gasteiger partial charge in [0, 0.05) is 53.8 Å². The van der Waals surface area contributed by atoms with Crippen molar-refractivity contribution in [1.82, 2.24) is 0 Å². The average Bonchev–Trinajstić information content (AvgIpc) is 1.91. The van der Waals surface area contributed by atoms with Gasteiger partial charge in [-0.15, -0.1) is 11.6 Å². The second-order valence-electron chi connectivity index (χ2n) is 1.99. The van der Waals surface area contributed by atoms with Crippen molar-refractivity contribution in [3.05, 3.63) is 42.3 Å². The third-order valence-corrected chi connectivity index (χ3v) is 1.08. The molecule has 73 valence electrons. The van der Waals surface area contributed by atoms with Crippen LogP contribution in [0.5, 0.6) is 0 Å². The molecule has 0 saturated carbocycles. The Morgan fingerprint density at radius 2 is 1.62 bits per heavy atom. The molecule has 1 nitrogen and oxygen atoms in total. The number of benzene rings is 1. The first kappa shape index (κ1) is 23.6. The molecule has 0 aliphatic heterocycles. The van der Waals surface area contributed by atoms with Crippen LogP contribution in [-0.4, -0.2) is 5.48 Å². The van der Waals surface area contributed by atoms with E-state index in [1.165, 1.54) is 5.56 Å². The molecule has 0 aromatic heterocycles. The van der Waals surface area contributed by atoms with Crippen LogP contribution in [0, 0.1) is 13.8 Å². The number of aryl methyl sites for hydroxylation is 1. The van der Waals surface area contributed by atoms with Gasteiger partial charge in [0.2, 0.25) is 0 Å². The Bertz CT molecular complexity index is 175. The molecule has 0 amide bonds. The molecule has 3 heteroatoms. The number of hydrogen-bond donors (Lipinski definition) is 0. The van der Waals surface area contributed by atoms with Gasteiger partial charge >= 0.3 is 0 Å². The first-order valence-electron chi connectivity index (χ1n) is 3.67. The van der Waals surface area contributed by atoms with E-state index in [-0.39, 0.29) is 59.3 Å². The van der Waals surface area contributed by atoms with E-state index in [1.807, 2.05) is 26.0 Å². The molecule has 0 spiro atoms. The van der Waals surface area contributed by atoms with Gasteiger partial charge in [0.1, 0.15) is 0 Å². The minimum atomic E-state index is 0.